The number of rotatable bonds is 2. The molecule has 0 radical (unpaired) electrons. The Morgan fingerprint density at radius 1 is 1.11 bits per heavy atom. The topological polar surface area (TPSA) is 57.6 Å². The minimum Gasteiger partial charge on any atom is -0.481 e. The molecule has 3 fully saturated rings. The summed E-state index contributed by atoms with van der Waals surface area (Å²) in [6.07, 6.45) is 6.96. The quantitative estimate of drug-likeness (QED) is 0.833. The minimum absolute atomic E-state index is 0.0270. The first kappa shape index (κ1) is 12.9. The molecule has 1 N–H and O–H groups in total. The van der Waals surface area contributed by atoms with Crippen LogP contribution in [0.2, 0.25) is 0 Å². The van der Waals surface area contributed by atoms with Crippen LogP contribution in [0.15, 0.2) is 0 Å². The Morgan fingerprint density at radius 3 is 2.16 bits per heavy atom. The molecule has 0 bridgehead atoms. The van der Waals surface area contributed by atoms with Gasteiger partial charge in [0.1, 0.15) is 0 Å². The van der Waals surface area contributed by atoms with Crippen LogP contribution in [0, 0.1) is 16.7 Å². The number of hydrogen-bond acceptors (Lipinski definition) is 2. The number of carboxylic acids is 1. The van der Waals surface area contributed by atoms with Crippen LogP contribution >= 0.6 is 0 Å². The number of carbonyl (C=O) groups excluding carboxylic acids is 1. The van der Waals surface area contributed by atoms with Gasteiger partial charge in [-0.05, 0) is 37.5 Å². The highest BCUT2D eigenvalue weighted by Gasteiger charge is 2.59. The molecule has 0 aromatic heterocycles. The van der Waals surface area contributed by atoms with Gasteiger partial charge < -0.3 is 10.0 Å². The van der Waals surface area contributed by atoms with Gasteiger partial charge >= 0.3 is 5.97 Å². The van der Waals surface area contributed by atoms with Crippen LogP contribution in [0.4, 0.5) is 0 Å². The lowest BCUT2D eigenvalue weighted by Crippen LogP contribution is -2.46. The van der Waals surface area contributed by atoms with Crippen molar-refractivity contribution in [3.63, 3.8) is 0 Å². The molecule has 4 nitrogen and oxygen atoms in total. The van der Waals surface area contributed by atoms with Gasteiger partial charge in [0.25, 0.3) is 0 Å². The van der Waals surface area contributed by atoms with Gasteiger partial charge in [-0.25, -0.2) is 0 Å². The average molecular weight is 265 g/mol. The first-order valence-corrected chi connectivity index (χ1v) is 7.49. The molecule has 3 rings (SSSR count). The van der Waals surface area contributed by atoms with E-state index in [1.54, 1.807) is 0 Å². The summed E-state index contributed by atoms with van der Waals surface area (Å²) in [6, 6.07) is 0. The highest BCUT2D eigenvalue weighted by molar-refractivity contribution is 5.83. The van der Waals surface area contributed by atoms with Gasteiger partial charge in [0.2, 0.25) is 5.91 Å². The summed E-state index contributed by atoms with van der Waals surface area (Å²) < 4.78 is 0. The number of amides is 1. The Morgan fingerprint density at radius 2 is 1.68 bits per heavy atom. The number of carbonyl (C=O) groups is 2. The lowest BCUT2D eigenvalue weighted by molar-refractivity contribution is -0.143. The molecule has 19 heavy (non-hydrogen) atoms. The zero-order valence-corrected chi connectivity index (χ0v) is 11.7. The number of carboxylic acid groups (broad SMARTS) is 1. The van der Waals surface area contributed by atoms with Crippen LogP contribution < -0.4 is 0 Å². The highest BCUT2D eigenvalue weighted by Crippen LogP contribution is 2.59. The molecule has 4 heteroatoms. The highest BCUT2D eigenvalue weighted by atomic mass is 16.4. The number of hydrogen-bond donors (Lipinski definition) is 1. The monoisotopic (exact) mass is 265 g/mol. The van der Waals surface area contributed by atoms with E-state index in [0.717, 1.165) is 45.2 Å². The van der Waals surface area contributed by atoms with Crippen LogP contribution in [0.5, 0.6) is 0 Å². The molecule has 0 aromatic rings. The van der Waals surface area contributed by atoms with Crippen LogP contribution in [0.3, 0.4) is 0 Å². The maximum Gasteiger partial charge on any atom is 0.307 e. The van der Waals surface area contributed by atoms with Crippen LogP contribution in [-0.2, 0) is 9.59 Å². The van der Waals surface area contributed by atoms with E-state index < -0.39 is 5.97 Å². The molecule has 1 aliphatic heterocycles. The molecule has 1 atom stereocenters. The van der Waals surface area contributed by atoms with E-state index in [-0.39, 0.29) is 16.7 Å². The standard InChI is InChI=1S/C15H23NO3/c1-14(4-2-3-5-14)13(19)16-8-6-15(7-9-16)10-11(15)12(17)18/h11H,2-10H2,1H3,(H,17,18). The van der Waals surface area contributed by atoms with Gasteiger partial charge in [-0.15, -0.1) is 0 Å². The molecular formula is C15H23NO3. The number of aliphatic carboxylic acids is 1. The molecule has 1 spiro atoms. The summed E-state index contributed by atoms with van der Waals surface area (Å²) >= 11 is 0. The van der Waals surface area contributed by atoms with E-state index in [1.165, 1.54) is 12.8 Å². The van der Waals surface area contributed by atoms with Crippen molar-refractivity contribution in [3.05, 3.63) is 0 Å². The Bertz CT molecular complexity index is 404. The van der Waals surface area contributed by atoms with Crippen molar-refractivity contribution in [1.82, 2.24) is 4.90 Å². The van der Waals surface area contributed by atoms with E-state index in [0.29, 0.717) is 5.91 Å². The fraction of sp³-hybridized carbons (Fsp3) is 0.867. The normalized spacial score (nSPS) is 31.4. The Kier molecular flexibility index (Phi) is 2.88. The fourth-order valence-electron chi connectivity index (χ4n) is 4.16. The first-order chi connectivity index (χ1) is 8.97. The Hall–Kier alpha value is -1.06. The summed E-state index contributed by atoms with van der Waals surface area (Å²) in [5, 5.41) is 9.08. The predicted molar refractivity (Wildman–Crippen MR) is 70.6 cm³/mol. The predicted octanol–water partition coefficient (Wildman–Crippen LogP) is 2.28. The molecule has 0 aromatic carbocycles. The molecule has 106 valence electrons. The first-order valence-electron chi connectivity index (χ1n) is 7.49. The van der Waals surface area contributed by atoms with E-state index in [4.69, 9.17) is 5.11 Å². The van der Waals surface area contributed by atoms with Crippen LogP contribution in [0.1, 0.15) is 51.9 Å². The van der Waals surface area contributed by atoms with Crippen molar-refractivity contribution in [3.8, 4) is 0 Å². The number of likely N-dealkylation sites (tertiary alicyclic amines) is 1. The number of nitrogens with zero attached hydrogens (tertiary/aromatic N) is 1. The lowest BCUT2D eigenvalue weighted by Gasteiger charge is -2.37. The minimum atomic E-state index is -0.650. The Balaban J connectivity index is 1.59. The van der Waals surface area contributed by atoms with Gasteiger partial charge in [-0.1, -0.05) is 19.8 Å². The van der Waals surface area contributed by atoms with E-state index >= 15 is 0 Å². The van der Waals surface area contributed by atoms with E-state index in [2.05, 4.69) is 6.92 Å². The molecule has 1 saturated heterocycles. The van der Waals surface area contributed by atoms with Crippen molar-refractivity contribution in [1.29, 1.82) is 0 Å². The van der Waals surface area contributed by atoms with Gasteiger partial charge in [-0.2, -0.15) is 0 Å². The second-order valence-corrected chi connectivity index (χ2v) is 7.02. The summed E-state index contributed by atoms with van der Waals surface area (Å²) in [4.78, 5) is 25.6. The molecule has 1 amide bonds. The zero-order valence-electron chi connectivity index (χ0n) is 11.7. The van der Waals surface area contributed by atoms with Gasteiger partial charge in [0.15, 0.2) is 0 Å². The largest absolute Gasteiger partial charge is 0.481 e. The number of piperidine rings is 1. The Labute approximate surface area is 114 Å². The summed E-state index contributed by atoms with van der Waals surface area (Å²) in [5.41, 5.74) is -0.112. The second-order valence-electron chi connectivity index (χ2n) is 7.02. The lowest BCUT2D eigenvalue weighted by atomic mass is 9.84. The third-order valence-corrected chi connectivity index (χ3v) is 5.76. The van der Waals surface area contributed by atoms with Crippen molar-refractivity contribution in [2.45, 2.75) is 51.9 Å². The maximum atomic E-state index is 12.6. The van der Waals surface area contributed by atoms with E-state index in [9.17, 15) is 9.59 Å². The van der Waals surface area contributed by atoms with Gasteiger partial charge in [0, 0.05) is 18.5 Å². The summed E-state index contributed by atoms with van der Waals surface area (Å²) in [6.45, 7) is 3.63. The van der Waals surface area contributed by atoms with Crippen LogP contribution in [-0.4, -0.2) is 35.0 Å². The molecular weight excluding hydrogens is 242 g/mol. The molecule has 3 aliphatic rings. The summed E-state index contributed by atoms with van der Waals surface area (Å²) in [5.74, 6) is -0.485. The van der Waals surface area contributed by atoms with Crippen molar-refractivity contribution in [2.24, 2.45) is 16.7 Å². The molecule has 2 aliphatic carbocycles. The van der Waals surface area contributed by atoms with Crippen molar-refractivity contribution in [2.75, 3.05) is 13.1 Å². The van der Waals surface area contributed by atoms with E-state index in [1.807, 2.05) is 4.90 Å². The smallest absolute Gasteiger partial charge is 0.307 e. The summed E-state index contributed by atoms with van der Waals surface area (Å²) in [7, 11) is 0. The second kappa shape index (κ2) is 4.22. The SMILES string of the molecule is CC1(C(=O)N2CCC3(CC2)CC3C(=O)O)CCCC1. The third kappa shape index (κ3) is 2.05. The maximum absolute atomic E-state index is 12.6. The third-order valence-electron chi connectivity index (χ3n) is 5.76. The van der Waals surface area contributed by atoms with Crippen LogP contribution in [0.25, 0.3) is 0 Å². The average Bonchev–Trinajstić information content (AvgIpc) is 2.90. The molecule has 2 saturated carbocycles. The molecule has 1 heterocycles. The van der Waals surface area contributed by atoms with Crippen molar-refractivity contribution >= 4 is 11.9 Å². The zero-order chi connectivity index (χ0) is 13.7. The fourth-order valence-corrected chi connectivity index (χ4v) is 4.16. The molecule has 1 unspecified atom stereocenters. The van der Waals surface area contributed by atoms with Crippen molar-refractivity contribution < 1.29 is 14.7 Å². The van der Waals surface area contributed by atoms with Gasteiger partial charge in [0.05, 0.1) is 5.92 Å². The van der Waals surface area contributed by atoms with Gasteiger partial charge in [-0.3, -0.25) is 9.59 Å².